The first-order valence-corrected chi connectivity index (χ1v) is 25.4. The minimum absolute atomic E-state index is 0.0956. The molecule has 1 aromatic carbocycles. The smallest absolute Gasteiger partial charge is 0.325 e. The number of nitrogens with two attached hydrogens (primary N) is 2. The Morgan fingerprint density at radius 3 is 1.92 bits per heavy atom. The Labute approximate surface area is 418 Å². The highest BCUT2D eigenvalue weighted by molar-refractivity contribution is 5.93. The molecule has 2 saturated heterocycles. The van der Waals surface area contributed by atoms with E-state index in [1.807, 2.05) is 30.3 Å². The quantitative estimate of drug-likeness (QED) is 0.0380. The van der Waals surface area contributed by atoms with Crippen molar-refractivity contribution in [1.82, 2.24) is 26.6 Å². The fraction of sp³-hybridized carbons (Fsp3) is 0.720. The minimum Gasteiger partial charge on any atom is -0.468 e. The van der Waals surface area contributed by atoms with Gasteiger partial charge in [-0.1, -0.05) is 121 Å². The summed E-state index contributed by atoms with van der Waals surface area (Å²) in [5, 5.41) is 12.7. The maximum Gasteiger partial charge on any atom is 0.325 e. The van der Waals surface area contributed by atoms with Gasteiger partial charge in [0.1, 0.15) is 55.1 Å². The molecule has 21 nitrogen and oxygen atoms in total. The largest absolute Gasteiger partial charge is 0.468 e. The monoisotopic (exact) mass is 1000 g/mol. The van der Waals surface area contributed by atoms with Crippen LogP contribution in [0.25, 0.3) is 0 Å². The second-order valence-electron chi connectivity index (χ2n) is 18.3. The number of hydrogen-bond donors (Lipinski definition) is 7. The average Bonchev–Trinajstić information content (AvgIpc) is 3.34. The van der Waals surface area contributed by atoms with Crippen molar-refractivity contribution in [3.63, 3.8) is 0 Å². The summed E-state index contributed by atoms with van der Waals surface area (Å²) >= 11 is 0. The molecule has 3 rings (SSSR count). The average molecular weight is 1000 g/mol. The molecule has 0 aromatic heterocycles. The molecule has 0 radical (unpaired) electrons. The molecule has 2 heterocycles. The summed E-state index contributed by atoms with van der Waals surface area (Å²) < 4.78 is 36.2. The van der Waals surface area contributed by atoms with Crippen LogP contribution in [0.2, 0.25) is 0 Å². The molecule has 2 aliphatic heterocycles. The fourth-order valence-electron chi connectivity index (χ4n) is 8.27. The number of amides is 7. The van der Waals surface area contributed by atoms with Gasteiger partial charge < -0.3 is 66.5 Å². The first-order chi connectivity index (χ1) is 34.0. The number of benzene rings is 1. The molecule has 2 fully saturated rings. The lowest BCUT2D eigenvalue weighted by Crippen LogP contribution is -2.68. The van der Waals surface area contributed by atoms with E-state index in [1.165, 1.54) is 85.0 Å². The van der Waals surface area contributed by atoms with Crippen molar-refractivity contribution in [2.45, 2.75) is 204 Å². The summed E-state index contributed by atoms with van der Waals surface area (Å²) in [6.07, 6.45) is 10.2. The van der Waals surface area contributed by atoms with Gasteiger partial charge in [-0.15, -0.1) is 0 Å². The summed E-state index contributed by atoms with van der Waals surface area (Å²) in [4.78, 5) is 101. The van der Waals surface area contributed by atoms with Gasteiger partial charge in [0.2, 0.25) is 41.4 Å². The molecular formula is C50H81N7O14. The third kappa shape index (κ3) is 22.8. The lowest BCUT2D eigenvalue weighted by atomic mass is 9.95. The van der Waals surface area contributed by atoms with E-state index in [4.69, 9.17) is 35.2 Å². The fourth-order valence-corrected chi connectivity index (χ4v) is 8.27. The number of carbonyl (C=O) groups excluding carboxylic acids is 8. The molecule has 0 aliphatic carbocycles. The van der Waals surface area contributed by atoms with Crippen LogP contribution in [0.4, 0.5) is 0 Å². The van der Waals surface area contributed by atoms with Gasteiger partial charge in [-0.25, -0.2) is 0 Å². The molecule has 400 valence electrons. The summed E-state index contributed by atoms with van der Waals surface area (Å²) in [7, 11) is 1.13. The summed E-state index contributed by atoms with van der Waals surface area (Å²) in [5.74, 6) is -5.90. The topological polar surface area (TPSA) is 304 Å². The molecule has 2 aliphatic rings. The highest BCUT2D eigenvalue weighted by Crippen LogP contribution is 2.36. The van der Waals surface area contributed by atoms with Gasteiger partial charge >= 0.3 is 5.97 Å². The number of rotatable bonds is 35. The number of ether oxygens (including phenoxy) is 6. The van der Waals surface area contributed by atoms with Crippen LogP contribution in [0, 0.1) is 0 Å². The van der Waals surface area contributed by atoms with E-state index in [0.29, 0.717) is 6.61 Å². The number of carbonyl (C=O) groups is 8. The van der Waals surface area contributed by atoms with Gasteiger partial charge in [0.25, 0.3) is 0 Å². The number of unbranched alkanes of at least 4 members (excludes halogenated alkanes) is 13. The number of fused-ring (bicyclic) bond motifs is 1. The van der Waals surface area contributed by atoms with Gasteiger partial charge in [0.15, 0.2) is 12.6 Å². The lowest BCUT2D eigenvalue weighted by molar-refractivity contribution is -0.350. The zero-order chi connectivity index (χ0) is 52.1. The van der Waals surface area contributed by atoms with Crippen LogP contribution >= 0.6 is 0 Å². The zero-order valence-electron chi connectivity index (χ0n) is 42.4. The van der Waals surface area contributed by atoms with Gasteiger partial charge in [-0.05, 0) is 33.1 Å². The van der Waals surface area contributed by atoms with Crippen LogP contribution in [0.5, 0.6) is 0 Å². The molecule has 0 spiro atoms. The Morgan fingerprint density at radius 1 is 0.732 bits per heavy atom. The van der Waals surface area contributed by atoms with Crippen molar-refractivity contribution < 1.29 is 66.8 Å². The van der Waals surface area contributed by atoms with Crippen molar-refractivity contribution >= 4 is 47.3 Å². The molecule has 0 saturated carbocycles. The normalized spacial score (nSPS) is 21.3. The van der Waals surface area contributed by atoms with E-state index >= 15 is 0 Å². The van der Waals surface area contributed by atoms with Crippen LogP contribution in [0.3, 0.4) is 0 Å². The van der Waals surface area contributed by atoms with Crippen LogP contribution in [-0.4, -0.2) is 129 Å². The first-order valence-electron chi connectivity index (χ1n) is 25.4. The SMILES string of the molecule is CCCCCCCCCCCCCCCCO[C@@H]1O[C@@H]2COC(c3ccccc3)O[C@H]2[C@H](O[C@H](C)C(=O)N[C@@H](C)C(=O)NC(CCC(=O)N[C@@H](CCC(N)=O)C(=O)NCC(=O)OC)C(N)=O)[C@H]1NC(C)=O. The minimum atomic E-state index is -1.37. The molecular weight excluding hydrogens is 923 g/mol. The van der Waals surface area contributed by atoms with Gasteiger partial charge in [0, 0.05) is 31.9 Å². The molecule has 71 heavy (non-hydrogen) atoms. The Bertz CT molecular complexity index is 1830. The number of methoxy groups -OCH3 is 1. The zero-order valence-corrected chi connectivity index (χ0v) is 42.4. The second kappa shape index (κ2) is 33.4. The Hall–Kier alpha value is -5.22. The standard InChI is InChI=1S/C50H81N7O14/c1-6-7-8-9-10-11-12-13-14-15-16-17-18-22-29-67-50-42(55-34(4)58)44(43-38(70-50)31-68-49(71-43)35-23-20-19-21-24-35)69-33(3)47(64)54-32(2)46(63)57-36(45(52)62)26-28-40(60)56-37(25-27-39(51)59)48(65)53-30-41(61)66-5/h19-21,23-24,32-33,36-38,42-44,49-50H,6-18,22,25-31H2,1-5H3,(H2,51,59)(H2,52,62)(H,53,65)(H,54,64)(H,55,58)(H,56,60)(H,57,63)/t32-,33+,36?,37-,38+,42+,43+,44+,49?,50+/m0/s1. The highest BCUT2D eigenvalue weighted by atomic mass is 16.8. The highest BCUT2D eigenvalue weighted by Gasteiger charge is 2.52. The Morgan fingerprint density at radius 2 is 1.34 bits per heavy atom. The maximum absolute atomic E-state index is 13.7. The lowest BCUT2D eigenvalue weighted by Gasteiger charge is -2.49. The second-order valence-corrected chi connectivity index (χ2v) is 18.3. The van der Waals surface area contributed by atoms with Crippen molar-refractivity contribution in [2.75, 3.05) is 26.9 Å². The predicted octanol–water partition coefficient (Wildman–Crippen LogP) is 2.90. The van der Waals surface area contributed by atoms with Gasteiger partial charge in [-0.2, -0.15) is 0 Å². The van der Waals surface area contributed by atoms with E-state index in [1.54, 1.807) is 0 Å². The number of esters is 1. The summed E-state index contributed by atoms with van der Waals surface area (Å²) in [6.45, 7) is 6.40. The first kappa shape index (κ1) is 60.1. The Balaban J connectivity index is 1.61. The molecule has 0 bridgehead atoms. The molecule has 9 N–H and O–H groups in total. The molecule has 7 amide bonds. The van der Waals surface area contributed by atoms with E-state index in [-0.39, 0.29) is 25.9 Å². The maximum atomic E-state index is 13.7. The molecule has 21 heteroatoms. The van der Waals surface area contributed by atoms with Crippen LogP contribution in [0.15, 0.2) is 30.3 Å². The van der Waals surface area contributed by atoms with Crippen LogP contribution in [-0.2, 0) is 66.8 Å². The summed E-state index contributed by atoms with van der Waals surface area (Å²) in [6, 6.07) is 4.45. The Kier molecular flexibility index (Phi) is 28.3. The molecule has 10 atom stereocenters. The number of hydrogen-bond acceptors (Lipinski definition) is 14. The van der Waals surface area contributed by atoms with Crippen LogP contribution in [0.1, 0.15) is 155 Å². The molecule has 2 unspecified atom stereocenters. The van der Waals surface area contributed by atoms with E-state index in [9.17, 15) is 38.4 Å². The van der Waals surface area contributed by atoms with E-state index in [2.05, 4.69) is 38.2 Å². The van der Waals surface area contributed by atoms with Gasteiger partial charge in [-0.3, -0.25) is 38.4 Å². The van der Waals surface area contributed by atoms with Crippen molar-refractivity contribution in [3.8, 4) is 0 Å². The number of nitrogens with one attached hydrogen (secondary N) is 5. The van der Waals surface area contributed by atoms with E-state index in [0.717, 1.165) is 38.4 Å². The predicted molar refractivity (Wildman–Crippen MR) is 260 cm³/mol. The number of primary amides is 2. The summed E-state index contributed by atoms with van der Waals surface area (Å²) in [5.41, 5.74) is 11.5. The van der Waals surface area contributed by atoms with Crippen molar-refractivity contribution in [3.05, 3.63) is 35.9 Å². The third-order valence-corrected chi connectivity index (χ3v) is 12.3. The van der Waals surface area contributed by atoms with E-state index < -0.39 is 121 Å². The third-order valence-electron chi connectivity index (χ3n) is 12.3. The van der Waals surface area contributed by atoms with Gasteiger partial charge in [0.05, 0.1) is 13.7 Å². The molecule has 1 aromatic rings. The van der Waals surface area contributed by atoms with Crippen molar-refractivity contribution in [2.24, 2.45) is 11.5 Å². The van der Waals surface area contributed by atoms with Crippen molar-refractivity contribution in [1.29, 1.82) is 0 Å². The van der Waals surface area contributed by atoms with Crippen LogP contribution < -0.4 is 38.1 Å².